The predicted molar refractivity (Wildman–Crippen MR) is 95.3 cm³/mol. The second-order valence-corrected chi connectivity index (χ2v) is 6.34. The second-order valence-electron chi connectivity index (χ2n) is 6.34. The lowest BCUT2D eigenvalue weighted by Crippen LogP contribution is -2.22. The molecule has 26 heavy (non-hydrogen) atoms. The van der Waals surface area contributed by atoms with Gasteiger partial charge in [0.1, 0.15) is 6.54 Å². The minimum absolute atomic E-state index is 0.0876. The van der Waals surface area contributed by atoms with Crippen molar-refractivity contribution in [1.29, 1.82) is 5.26 Å². The Labute approximate surface area is 150 Å². The van der Waals surface area contributed by atoms with Gasteiger partial charge in [-0.15, -0.1) is 0 Å². The van der Waals surface area contributed by atoms with Gasteiger partial charge in [-0.2, -0.15) is 10.4 Å². The number of hydrogen-bond donors (Lipinski definition) is 0. The van der Waals surface area contributed by atoms with Gasteiger partial charge in [0, 0.05) is 24.2 Å². The van der Waals surface area contributed by atoms with E-state index in [2.05, 4.69) is 10.1 Å². The maximum absolute atomic E-state index is 12.9. The molecule has 0 radical (unpaired) electrons. The summed E-state index contributed by atoms with van der Waals surface area (Å²) in [5.41, 5.74) is 5.76. The molecule has 0 saturated carbocycles. The molecule has 0 N–H and O–H groups in total. The van der Waals surface area contributed by atoms with Crippen molar-refractivity contribution in [2.75, 3.05) is 4.90 Å². The van der Waals surface area contributed by atoms with Gasteiger partial charge in [-0.1, -0.05) is 0 Å². The number of anilines is 1. The van der Waals surface area contributed by atoms with Crippen molar-refractivity contribution >= 4 is 11.6 Å². The van der Waals surface area contributed by atoms with Crippen molar-refractivity contribution in [3.8, 4) is 17.3 Å². The Morgan fingerprint density at radius 2 is 2.08 bits per heavy atom. The van der Waals surface area contributed by atoms with Crippen LogP contribution in [0.25, 0.3) is 11.3 Å². The van der Waals surface area contributed by atoms with E-state index < -0.39 is 0 Å². The molecule has 4 rings (SSSR count). The Bertz CT molecular complexity index is 1060. The first kappa shape index (κ1) is 16.0. The van der Waals surface area contributed by atoms with Gasteiger partial charge >= 0.3 is 0 Å². The number of nitriles is 1. The van der Waals surface area contributed by atoms with Crippen LogP contribution in [-0.4, -0.2) is 25.7 Å². The van der Waals surface area contributed by atoms with Gasteiger partial charge in [-0.05, 0) is 37.1 Å². The molecule has 4 heterocycles. The maximum atomic E-state index is 12.9. The zero-order valence-electron chi connectivity index (χ0n) is 14.5. The molecule has 1 aliphatic heterocycles. The summed E-state index contributed by atoms with van der Waals surface area (Å²) in [6, 6.07) is 5.99. The molecule has 128 valence electrons. The van der Waals surface area contributed by atoms with E-state index in [4.69, 9.17) is 10.2 Å². The van der Waals surface area contributed by atoms with Gasteiger partial charge < -0.3 is 0 Å². The highest BCUT2D eigenvalue weighted by molar-refractivity contribution is 6.10. The molecule has 3 aromatic rings. The largest absolute Gasteiger partial charge is 0.299 e. The minimum Gasteiger partial charge on any atom is -0.299 e. The number of aromatic nitrogens is 4. The molecule has 0 unspecified atom stereocenters. The van der Waals surface area contributed by atoms with Gasteiger partial charge in [-0.3, -0.25) is 24.3 Å². The summed E-state index contributed by atoms with van der Waals surface area (Å²) in [5.74, 6) is -0.0876. The summed E-state index contributed by atoms with van der Waals surface area (Å²) in [5, 5.41) is 12.9. The van der Waals surface area contributed by atoms with E-state index in [1.54, 1.807) is 29.7 Å². The van der Waals surface area contributed by atoms with Crippen LogP contribution in [0, 0.1) is 25.2 Å². The smallest absolute Gasteiger partial charge is 0.260 e. The summed E-state index contributed by atoms with van der Waals surface area (Å²) >= 11 is 0. The fourth-order valence-corrected chi connectivity index (χ4v) is 3.20. The molecule has 0 fully saturated rings. The quantitative estimate of drug-likeness (QED) is 0.729. The average Bonchev–Trinajstić information content (AvgIpc) is 3.20. The van der Waals surface area contributed by atoms with Gasteiger partial charge in [-0.25, -0.2) is 0 Å². The monoisotopic (exact) mass is 344 g/mol. The van der Waals surface area contributed by atoms with Crippen LogP contribution >= 0.6 is 0 Å². The molecule has 0 atom stereocenters. The fourth-order valence-electron chi connectivity index (χ4n) is 3.20. The van der Waals surface area contributed by atoms with Crippen LogP contribution in [-0.2, 0) is 13.1 Å². The van der Waals surface area contributed by atoms with Crippen molar-refractivity contribution in [1.82, 2.24) is 19.7 Å². The Balaban J connectivity index is 1.71. The summed E-state index contributed by atoms with van der Waals surface area (Å²) in [4.78, 5) is 23.4. The lowest BCUT2D eigenvalue weighted by Gasteiger charge is -2.11. The molecule has 0 bridgehead atoms. The van der Waals surface area contributed by atoms with E-state index in [-0.39, 0.29) is 12.5 Å². The van der Waals surface area contributed by atoms with E-state index in [1.807, 2.05) is 32.0 Å². The average molecular weight is 344 g/mol. The Morgan fingerprint density at radius 3 is 2.85 bits per heavy atom. The highest BCUT2D eigenvalue weighted by atomic mass is 16.2. The van der Waals surface area contributed by atoms with Crippen molar-refractivity contribution in [3.05, 3.63) is 59.3 Å². The number of hydrogen-bond acceptors (Lipinski definition) is 5. The summed E-state index contributed by atoms with van der Waals surface area (Å²) in [7, 11) is 0. The number of nitrogens with zero attached hydrogens (tertiary/aromatic N) is 6. The van der Waals surface area contributed by atoms with E-state index >= 15 is 0 Å². The highest BCUT2D eigenvalue weighted by Gasteiger charge is 2.32. The maximum Gasteiger partial charge on any atom is 0.260 e. The first-order chi connectivity index (χ1) is 12.6. The van der Waals surface area contributed by atoms with Crippen LogP contribution in [0.4, 0.5) is 5.69 Å². The molecular formula is C19H16N6O. The van der Waals surface area contributed by atoms with Crippen LogP contribution in [0.3, 0.4) is 0 Å². The third-order valence-corrected chi connectivity index (χ3v) is 4.39. The molecule has 7 nitrogen and oxygen atoms in total. The molecule has 1 aliphatic rings. The Morgan fingerprint density at radius 1 is 1.23 bits per heavy atom. The molecule has 7 heteroatoms. The zero-order valence-corrected chi connectivity index (χ0v) is 14.5. The van der Waals surface area contributed by atoms with E-state index in [0.29, 0.717) is 17.8 Å². The molecule has 0 aromatic carbocycles. The molecule has 3 aromatic heterocycles. The third-order valence-electron chi connectivity index (χ3n) is 4.39. The molecular weight excluding hydrogens is 328 g/mol. The number of pyridine rings is 2. The van der Waals surface area contributed by atoms with Crippen LogP contribution in [0.5, 0.6) is 0 Å². The second kappa shape index (κ2) is 6.08. The summed E-state index contributed by atoms with van der Waals surface area (Å²) in [6.07, 6.45) is 6.88. The Hall–Kier alpha value is -3.53. The first-order valence-corrected chi connectivity index (χ1v) is 8.20. The third kappa shape index (κ3) is 2.62. The Kier molecular flexibility index (Phi) is 3.73. The van der Waals surface area contributed by atoms with Gasteiger partial charge in [0.2, 0.25) is 0 Å². The number of fused-ring (bicyclic) bond motifs is 1. The number of aryl methyl sites for hydroxylation is 2. The summed E-state index contributed by atoms with van der Waals surface area (Å²) < 4.78 is 1.51. The molecule has 0 saturated heterocycles. The highest BCUT2D eigenvalue weighted by Crippen LogP contribution is 2.31. The van der Waals surface area contributed by atoms with Crippen LogP contribution in [0.15, 0.2) is 36.9 Å². The fraction of sp³-hybridized carbons (Fsp3) is 0.211. The van der Waals surface area contributed by atoms with E-state index in [1.165, 1.54) is 4.68 Å². The van der Waals surface area contributed by atoms with E-state index in [9.17, 15) is 4.79 Å². The number of carbonyl (C=O) groups excluding carboxylic acids is 1. The normalized spacial score (nSPS) is 13.0. The van der Waals surface area contributed by atoms with Crippen molar-refractivity contribution in [3.63, 3.8) is 0 Å². The molecule has 0 aliphatic carbocycles. The lowest BCUT2D eigenvalue weighted by molar-refractivity contribution is 0.0996. The predicted octanol–water partition coefficient (Wildman–Crippen LogP) is 2.64. The van der Waals surface area contributed by atoms with Gasteiger partial charge in [0.25, 0.3) is 5.91 Å². The zero-order chi connectivity index (χ0) is 18.3. The van der Waals surface area contributed by atoms with Crippen LogP contribution < -0.4 is 4.90 Å². The minimum atomic E-state index is -0.0876. The van der Waals surface area contributed by atoms with Crippen molar-refractivity contribution < 1.29 is 4.79 Å². The molecule has 0 spiro atoms. The molecule has 1 amide bonds. The van der Waals surface area contributed by atoms with E-state index in [0.717, 1.165) is 28.1 Å². The van der Waals surface area contributed by atoms with Crippen molar-refractivity contribution in [2.24, 2.45) is 0 Å². The SMILES string of the molecule is Cc1cncc(-c2cc(C)c3c(n2)CN(c2cnn(CC#N)c2)C3=O)c1. The first-order valence-electron chi connectivity index (χ1n) is 8.20. The standard InChI is InChI=1S/C19H16N6O/c1-12-5-14(8-21-7-12)16-6-13(2)18-17(23-16)11-25(19(18)26)15-9-22-24(10-15)4-3-20/h5-10H,4,11H2,1-2H3. The van der Waals surface area contributed by atoms with Gasteiger partial charge in [0.15, 0.2) is 0 Å². The van der Waals surface area contributed by atoms with Crippen LogP contribution in [0.2, 0.25) is 0 Å². The topological polar surface area (TPSA) is 87.7 Å². The lowest BCUT2D eigenvalue weighted by atomic mass is 10.0. The van der Waals surface area contributed by atoms with Gasteiger partial charge in [0.05, 0.1) is 41.4 Å². The number of carbonyl (C=O) groups is 1. The van der Waals surface area contributed by atoms with Crippen LogP contribution in [0.1, 0.15) is 27.2 Å². The summed E-state index contributed by atoms with van der Waals surface area (Å²) in [6.45, 7) is 4.45. The number of amides is 1. The number of rotatable bonds is 3. The van der Waals surface area contributed by atoms with Crippen molar-refractivity contribution in [2.45, 2.75) is 26.9 Å².